The summed E-state index contributed by atoms with van der Waals surface area (Å²) in [4.78, 5) is 12.6. The highest BCUT2D eigenvalue weighted by molar-refractivity contribution is 7.80. The van der Waals surface area contributed by atoms with Crippen LogP contribution in [0.2, 0.25) is 10.0 Å². The molecular weight excluding hydrogens is 528 g/mol. The molecule has 31 heavy (non-hydrogen) atoms. The molecule has 0 aliphatic heterocycles. The third-order valence-corrected chi connectivity index (χ3v) is 5.36. The normalized spacial score (nSPS) is 12.0. The molecule has 0 aliphatic rings. The standard InChI is InChI=1S/C19H18Cl5N3O3S/c1-29-12-5-3-10(15(9-12)30-2)7-16(28)26-17(19(22,23)24)27-18(31)25-14-6-4-11(20)8-13(14)21/h3-6,8-9,17H,7H2,1-2H3,(H,26,28)(H2,25,27,31). The fourth-order valence-corrected chi connectivity index (χ4v) is 3.47. The van der Waals surface area contributed by atoms with Crippen LogP contribution in [0, 0.1) is 0 Å². The van der Waals surface area contributed by atoms with Crippen molar-refractivity contribution in [3.63, 3.8) is 0 Å². The highest BCUT2D eigenvalue weighted by Gasteiger charge is 2.34. The number of nitrogens with one attached hydrogen (secondary N) is 3. The number of hydrogen-bond acceptors (Lipinski definition) is 4. The van der Waals surface area contributed by atoms with Crippen molar-refractivity contribution in [3.05, 3.63) is 52.0 Å². The lowest BCUT2D eigenvalue weighted by Gasteiger charge is -2.28. The lowest BCUT2D eigenvalue weighted by Crippen LogP contribution is -2.56. The molecule has 0 spiro atoms. The average Bonchev–Trinajstić information content (AvgIpc) is 2.69. The van der Waals surface area contributed by atoms with Gasteiger partial charge in [0.2, 0.25) is 9.70 Å². The molecule has 0 bridgehead atoms. The number of amides is 1. The number of benzene rings is 2. The maximum absolute atomic E-state index is 12.6. The van der Waals surface area contributed by atoms with Crippen molar-refractivity contribution in [1.29, 1.82) is 0 Å². The van der Waals surface area contributed by atoms with Crippen LogP contribution in [0.15, 0.2) is 36.4 Å². The average molecular weight is 546 g/mol. The van der Waals surface area contributed by atoms with Crippen LogP contribution < -0.4 is 25.4 Å². The van der Waals surface area contributed by atoms with Crippen LogP contribution in [0.25, 0.3) is 0 Å². The van der Waals surface area contributed by atoms with Crippen molar-refractivity contribution in [2.24, 2.45) is 0 Å². The van der Waals surface area contributed by atoms with Gasteiger partial charge in [-0.05, 0) is 36.5 Å². The van der Waals surface area contributed by atoms with Crippen molar-refractivity contribution >= 4 is 86.9 Å². The number of carbonyl (C=O) groups excluding carboxylic acids is 1. The molecule has 0 saturated carbocycles. The summed E-state index contributed by atoms with van der Waals surface area (Å²) in [7, 11) is 3.03. The number of hydrogen-bond donors (Lipinski definition) is 3. The third kappa shape index (κ3) is 7.93. The van der Waals surface area contributed by atoms with Crippen molar-refractivity contribution in [1.82, 2.24) is 10.6 Å². The molecule has 2 rings (SSSR count). The minimum absolute atomic E-state index is 0.0324. The van der Waals surface area contributed by atoms with E-state index in [-0.39, 0.29) is 11.5 Å². The fourth-order valence-electron chi connectivity index (χ4n) is 2.46. The van der Waals surface area contributed by atoms with E-state index in [0.717, 1.165) is 0 Å². The third-order valence-electron chi connectivity index (χ3n) is 3.93. The van der Waals surface area contributed by atoms with Gasteiger partial charge < -0.3 is 25.4 Å². The van der Waals surface area contributed by atoms with Gasteiger partial charge in [0.15, 0.2) is 5.11 Å². The lowest BCUT2D eigenvalue weighted by atomic mass is 10.1. The van der Waals surface area contributed by atoms with E-state index in [0.29, 0.717) is 32.8 Å². The van der Waals surface area contributed by atoms with Crippen LogP contribution in [0.3, 0.4) is 0 Å². The zero-order valence-electron chi connectivity index (χ0n) is 16.3. The van der Waals surface area contributed by atoms with Gasteiger partial charge in [-0.15, -0.1) is 0 Å². The van der Waals surface area contributed by atoms with Crippen molar-refractivity contribution in [3.8, 4) is 11.5 Å². The molecule has 3 N–H and O–H groups in total. The Kier molecular flexibility index (Phi) is 9.61. The first-order valence-electron chi connectivity index (χ1n) is 8.63. The van der Waals surface area contributed by atoms with Gasteiger partial charge in [0, 0.05) is 16.7 Å². The SMILES string of the molecule is COc1ccc(CC(=O)NC(NC(=S)Nc2ccc(Cl)cc2Cl)C(Cl)(Cl)Cl)c(OC)c1. The maximum atomic E-state index is 12.6. The molecule has 168 valence electrons. The van der Waals surface area contributed by atoms with Gasteiger partial charge in [-0.1, -0.05) is 64.1 Å². The zero-order chi connectivity index (χ0) is 23.2. The van der Waals surface area contributed by atoms with Crippen LogP contribution in [-0.2, 0) is 11.2 Å². The van der Waals surface area contributed by atoms with Crippen LogP contribution in [0.1, 0.15) is 5.56 Å². The number of methoxy groups -OCH3 is 2. The predicted octanol–water partition coefficient (Wildman–Crippen LogP) is 5.35. The van der Waals surface area contributed by atoms with Gasteiger partial charge in [-0.2, -0.15) is 0 Å². The molecule has 1 unspecified atom stereocenters. The summed E-state index contributed by atoms with van der Waals surface area (Å²) in [5, 5.41) is 9.12. The smallest absolute Gasteiger partial charge is 0.228 e. The summed E-state index contributed by atoms with van der Waals surface area (Å²) in [6.07, 6.45) is -1.17. The Morgan fingerprint density at radius 1 is 1.06 bits per heavy atom. The second kappa shape index (κ2) is 11.5. The monoisotopic (exact) mass is 543 g/mol. The van der Waals surface area contributed by atoms with E-state index in [4.69, 9.17) is 79.7 Å². The molecule has 6 nitrogen and oxygen atoms in total. The first-order valence-corrected chi connectivity index (χ1v) is 10.9. The molecule has 0 fully saturated rings. The molecule has 2 aromatic carbocycles. The molecule has 0 heterocycles. The fraction of sp³-hybridized carbons (Fsp3) is 0.263. The minimum Gasteiger partial charge on any atom is -0.497 e. The Hall–Kier alpha value is -1.35. The van der Waals surface area contributed by atoms with E-state index in [1.165, 1.54) is 14.2 Å². The molecule has 2 aromatic rings. The molecule has 1 amide bonds. The number of anilines is 1. The highest BCUT2D eigenvalue weighted by atomic mass is 35.6. The number of ether oxygens (including phenoxy) is 2. The van der Waals surface area contributed by atoms with E-state index in [9.17, 15) is 4.79 Å². The van der Waals surface area contributed by atoms with E-state index in [2.05, 4.69) is 16.0 Å². The van der Waals surface area contributed by atoms with Crippen LogP contribution in [0.4, 0.5) is 5.69 Å². The predicted molar refractivity (Wildman–Crippen MR) is 131 cm³/mol. The summed E-state index contributed by atoms with van der Waals surface area (Å²) in [6, 6.07) is 9.91. The summed E-state index contributed by atoms with van der Waals surface area (Å²) in [5.74, 6) is 0.654. The summed E-state index contributed by atoms with van der Waals surface area (Å²) in [6.45, 7) is 0. The second-order valence-corrected chi connectivity index (χ2v) is 9.74. The number of rotatable bonds is 7. The zero-order valence-corrected chi connectivity index (χ0v) is 20.9. The quantitative estimate of drug-likeness (QED) is 0.248. The maximum Gasteiger partial charge on any atom is 0.228 e. The number of halogens is 5. The second-order valence-electron chi connectivity index (χ2n) is 6.12. The van der Waals surface area contributed by atoms with Gasteiger partial charge >= 0.3 is 0 Å². The first-order chi connectivity index (χ1) is 14.5. The number of alkyl halides is 3. The highest BCUT2D eigenvalue weighted by Crippen LogP contribution is 2.30. The van der Waals surface area contributed by atoms with Crippen molar-refractivity contribution in [2.75, 3.05) is 19.5 Å². The molecule has 0 aromatic heterocycles. The van der Waals surface area contributed by atoms with Gasteiger partial charge in [-0.3, -0.25) is 4.79 Å². The Morgan fingerprint density at radius 2 is 1.77 bits per heavy atom. The van der Waals surface area contributed by atoms with Gasteiger partial charge in [0.1, 0.15) is 17.7 Å². The van der Waals surface area contributed by atoms with Gasteiger partial charge in [-0.25, -0.2) is 0 Å². The molecule has 0 aliphatic carbocycles. The molecule has 12 heteroatoms. The van der Waals surface area contributed by atoms with E-state index in [1.807, 2.05) is 0 Å². The van der Waals surface area contributed by atoms with Crippen LogP contribution in [-0.4, -0.2) is 35.2 Å². The molecule has 0 saturated heterocycles. The summed E-state index contributed by atoms with van der Waals surface area (Å²) in [5.41, 5.74) is 1.11. The van der Waals surface area contributed by atoms with Gasteiger partial charge in [0.25, 0.3) is 0 Å². The Bertz CT molecular complexity index is 956. The first kappa shape index (κ1) is 25.9. The van der Waals surface area contributed by atoms with Crippen molar-refractivity contribution in [2.45, 2.75) is 16.4 Å². The molecule has 0 radical (unpaired) electrons. The Labute approximate surface area is 210 Å². The minimum atomic E-state index is -1.91. The summed E-state index contributed by atoms with van der Waals surface area (Å²) < 4.78 is 8.55. The number of thiocarbonyl (C=S) groups is 1. The van der Waals surface area contributed by atoms with Crippen LogP contribution in [0.5, 0.6) is 11.5 Å². The Morgan fingerprint density at radius 3 is 2.35 bits per heavy atom. The van der Waals surface area contributed by atoms with E-state index >= 15 is 0 Å². The van der Waals surface area contributed by atoms with Crippen molar-refractivity contribution < 1.29 is 14.3 Å². The Balaban J connectivity index is 2.07. The lowest BCUT2D eigenvalue weighted by molar-refractivity contribution is -0.121. The largest absolute Gasteiger partial charge is 0.497 e. The molecule has 1 atom stereocenters. The summed E-state index contributed by atoms with van der Waals surface area (Å²) >= 11 is 35.3. The van der Waals surface area contributed by atoms with E-state index in [1.54, 1.807) is 36.4 Å². The van der Waals surface area contributed by atoms with Gasteiger partial charge in [0.05, 0.1) is 31.4 Å². The van der Waals surface area contributed by atoms with E-state index < -0.39 is 15.9 Å². The topological polar surface area (TPSA) is 71.6 Å². The number of carbonyl (C=O) groups is 1. The van der Waals surface area contributed by atoms with Crippen LogP contribution >= 0.6 is 70.2 Å². The molecular formula is C19H18Cl5N3O3S.